The van der Waals surface area contributed by atoms with Gasteiger partial charge in [0.25, 0.3) is 22.7 Å². The molecule has 616 valence electrons. The number of likely N-dealkylation sites (tertiary alicyclic amines) is 2. The Morgan fingerprint density at radius 1 is 0.509 bits per heavy atom. The smallest absolute Gasteiger partial charge is 0.456 e. The third kappa shape index (κ3) is 20.2. The number of non-ortho nitro benzene ring substituents is 4. The summed E-state index contributed by atoms with van der Waals surface area (Å²) in [5.41, 5.74) is 1.46. The van der Waals surface area contributed by atoms with E-state index in [0.29, 0.717) is 40.1 Å². The van der Waals surface area contributed by atoms with Gasteiger partial charge in [0.05, 0.1) is 55.8 Å². The van der Waals surface area contributed by atoms with Crippen LogP contribution in [0.2, 0.25) is 0 Å². The normalized spacial score (nSPS) is 21.4. The van der Waals surface area contributed by atoms with Gasteiger partial charge in [0.2, 0.25) is 23.6 Å². The number of rotatable bonds is 26. The van der Waals surface area contributed by atoms with Crippen molar-refractivity contribution in [3.05, 3.63) is 242 Å². The molecule has 0 radical (unpaired) electrons. The van der Waals surface area contributed by atoms with E-state index in [4.69, 9.17) is 32.5 Å². The van der Waals surface area contributed by atoms with Crippen LogP contribution in [0.4, 0.5) is 32.3 Å². The molecule has 6 aliphatic heterocycles. The second-order valence-electron chi connectivity index (χ2n) is 27.9. The van der Waals surface area contributed by atoms with Crippen LogP contribution in [0.15, 0.2) is 180 Å². The number of carbonyl (C=O) groups is 8. The minimum Gasteiger partial charge on any atom is -0.456 e. The van der Waals surface area contributed by atoms with E-state index in [1.54, 1.807) is 95.8 Å². The summed E-state index contributed by atoms with van der Waals surface area (Å²) in [5.74, 6) is -5.64. The molecule has 0 saturated carbocycles. The zero-order chi connectivity index (χ0) is 83.6. The summed E-state index contributed by atoms with van der Waals surface area (Å²) in [6, 6.07) is 35.9. The first-order valence-electron chi connectivity index (χ1n) is 35.8. The molecule has 6 heterocycles. The molecule has 6 aliphatic rings. The topological polar surface area (TPSA) is 451 Å². The number of aliphatic hydroxyl groups excluding tert-OH is 2. The summed E-state index contributed by atoms with van der Waals surface area (Å²) >= 11 is 5.62. The van der Waals surface area contributed by atoms with Gasteiger partial charge in [0.15, 0.2) is 5.70 Å². The van der Waals surface area contributed by atoms with Crippen molar-refractivity contribution in [3.8, 4) is 11.5 Å². The van der Waals surface area contributed by atoms with Gasteiger partial charge in [-0.05, 0) is 122 Å². The van der Waals surface area contributed by atoms with Crippen molar-refractivity contribution in [1.82, 2.24) is 29.4 Å². The Bertz CT molecular complexity index is 4750. The van der Waals surface area contributed by atoms with Crippen molar-refractivity contribution in [2.45, 2.75) is 121 Å². The van der Waals surface area contributed by atoms with E-state index >= 15 is 0 Å². The molecule has 6 aromatic rings. The summed E-state index contributed by atoms with van der Waals surface area (Å²) in [4.78, 5) is 154. The Morgan fingerprint density at radius 2 is 0.845 bits per heavy atom. The summed E-state index contributed by atoms with van der Waals surface area (Å²) in [6.45, 7) is 6.23. The summed E-state index contributed by atoms with van der Waals surface area (Å²) in [5, 5.41) is 63.7. The number of phosphoric ester groups is 1. The number of thiol groups is 1. The Kier molecular flexibility index (Phi) is 28.8. The van der Waals surface area contributed by atoms with E-state index in [0.717, 1.165) is 0 Å². The monoisotopic (exact) mass is 1660 g/mol. The molecular weight excluding hydrogens is 1580 g/mol. The van der Waals surface area contributed by atoms with Gasteiger partial charge in [0, 0.05) is 117 Å². The number of thioether (sulfide) groups is 1. The van der Waals surface area contributed by atoms with Crippen molar-refractivity contribution in [1.29, 1.82) is 0 Å². The van der Waals surface area contributed by atoms with Crippen LogP contribution in [0, 0.1) is 64.1 Å². The molecule has 4 fully saturated rings. The first-order chi connectivity index (χ1) is 54.6. The number of carbonyl (C=O) groups excluding carboxylic acids is 8. The fourth-order valence-corrected chi connectivity index (χ4v) is 17.0. The van der Waals surface area contributed by atoms with Gasteiger partial charge in [-0.1, -0.05) is 57.7 Å². The van der Waals surface area contributed by atoms with Gasteiger partial charge in [-0.3, -0.25) is 74.3 Å². The number of likely N-dealkylation sites (N-methyl/N-ethyl adjacent to an activating group) is 2. The van der Waals surface area contributed by atoms with Crippen LogP contribution in [-0.4, -0.2) is 195 Å². The van der Waals surface area contributed by atoms with Gasteiger partial charge in [-0.15, -0.1) is 11.8 Å². The number of hydrogen-bond donors (Lipinski definition) is 3. The first-order valence-corrected chi connectivity index (χ1v) is 38.6. The zero-order valence-electron chi connectivity index (χ0n) is 63.1. The number of β-lactam (4-membered cyclic amide) rings is 2. The maximum absolute atomic E-state index is 14.2. The molecule has 6 aromatic carbocycles. The fraction of sp³-hybridized carbons (Fsp3) is 0.377. The molecule has 36 nitrogen and oxygen atoms in total. The minimum atomic E-state index is -4.54. The highest BCUT2D eigenvalue weighted by Gasteiger charge is 2.63. The number of fused-ring (bicyclic) bond motifs is 2. The van der Waals surface area contributed by atoms with Crippen LogP contribution in [-0.2, 0) is 83.2 Å². The lowest BCUT2D eigenvalue weighted by Gasteiger charge is -2.46. The Balaban J connectivity index is 0.000000209. The van der Waals surface area contributed by atoms with Gasteiger partial charge < -0.3 is 57.4 Å². The van der Waals surface area contributed by atoms with Crippen molar-refractivity contribution in [2.75, 3.05) is 41.3 Å². The third-order valence-electron chi connectivity index (χ3n) is 19.5. The molecule has 4 saturated heterocycles. The highest BCUT2D eigenvalue weighted by atomic mass is 32.2. The number of ether oxygens (including phenoxy) is 4. The summed E-state index contributed by atoms with van der Waals surface area (Å²) < 4.78 is 53.3. The molecule has 39 heteroatoms. The van der Waals surface area contributed by atoms with E-state index in [1.165, 1.54) is 152 Å². The Hall–Kier alpha value is -12.0. The van der Waals surface area contributed by atoms with Gasteiger partial charge in [-0.25, -0.2) is 19.2 Å². The number of aliphatic hydroxyl groups is 2. The predicted molar refractivity (Wildman–Crippen MR) is 418 cm³/mol. The molecule has 6 amide bonds. The number of hydrogen-bond acceptors (Lipinski definition) is 28. The number of nitrogens with zero attached hydrogens (tertiary/aromatic N) is 10. The molecular formula is C77H85N10O26PS2. The van der Waals surface area contributed by atoms with Crippen molar-refractivity contribution in [2.24, 2.45) is 23.7 Å². The van der Waals surface area contributed by atoms with Crippen molar-refractivity contribution < 1.29 is 105 Å². The molecule has 2 N–H and O–H groups in total. The van der Waals surface area contributed by atoms with E-state index in [2.05, 4.69) is 12.6 Å². The van der Waals surface area contributed by atoms with Gasteiger partial charge in [-0.2, -0.15) is 17.2 Å². The Labute approximate surface area is 674 Å². The SMILES string of the molecule is C.CN(C)C(=O)[C@@H]1C[C@H](S)CN1C(=O)OCc1ccc([N+](=O)[O-])cc1.C[C@@H](O)[C@H]1C(=O)N2C(C(=O)OCc3ccc([N+](=O)[O-])cc3)=C(OP(=O)(Oc3ccccc3)Oc3ccccc3)[C@H](C)[C@H]12.C[C@@H](O)[C@H]1C(=O)N2C(C(=O)OCc3ccc([N+](=O)[O-])cc3)=C(S[C@H]3C[C@@H](C(=O)N(C)C)N(C(=O)OCc4ccc([N+](=O)[O-])cc4)C3)[C@H](C)[C@H]12. The van der Waals surface area contributed by atoms with Crippen LogP contribution < -0.4 is 9.05 Å². The lowest BCUT2D eigenvalue weighted by Crippen LogP contribution is -2.63. The van der Waals surface area contributed by atoms with Gasteiger partial charge in [0.1, 0.15) is 61.5 Å². The van der Waals surface area contributed by atoms with Gasteiger partial charge >= 0.3 is 31.9 Å². The molecule has 116 heavy (non-hydrogen) atoms. The van der Waals surface area contributed by atoms with E-state index in [1.807, 2.05) is 6.92 Å². The number of benzene rings is 6. The predicted octanol–water partition coefficient (Wildman–Crippen LogP) is 10.5. The van der Waals surface area contributed by atoms with Crippen molar-refractivity contribution >= 4 is 103 Å². The van der Waals surface area contributed by atoms with E-state index in [-0.39, 0.29) is 121 Å². The lowest BCUT2D eigenvalue weighted by molar-refractivity contribution is -0.385. The standard InChI is InChI=1S/C32H35N5O11S.C29H27N2O10P.C15H19N3O5S.CH4/c1-17-26-25(18(2)38)30(40)35(26)27(31(41)47-15-19-5-9-21(10-6-19)36(43)44)28(17)49-23-13-24(29(39)33(3)4)34(14-23)32(42)48-16-20-7-11-22(12-8-20)37(45)46;1-18-25-24(19(2)32)28(33)30(25)26(29(34)38-17-20-13-15-21(16-14-20)31(35)36)27(18)41-42(37,39-22-9-5-3-6-10-22)40-23-11-7-4-8-12-23;1-16(2)14(19)13-7-12(24)8-17(13)15(20)23-9-10-3-5-11(6-4-10)18(21)22;/h5-12,17-18,23-26,38H,13-16H2,1-4H3;3-16,18-19,24-25,32H,17H2,1-2H3;3-6,12-13,24H,7-9H2,1-2H3;1H4/t17-,18-,23+,24+,25-,26-;18-,19-,24-,25-;12-,13-;/m110./s1. The summed E-state index contributed by atoms with van der Waals surface area (Å²) in [6.07, 6.45) is -2.64. The van der Waals surface area contributed by atoms with Crippen LogP contribution in [0.1, 0.15) is 70.2 Å². The quantitative estimate of drug-likeness (QED) is 0.00863. The first kappa shape index (κ1) is 88.0. The number of nitro benzene ring substituents is 4. The third-order valence-corrected chi connectivity index (χ3v) is 22.7. The number of esters is 2. The second-order valence-corrected chi connectivity index (χ2v) is 31.4. The van der Waals surface area contributed by atoms with Crippen LogP contribution >= 0.6 is 32.2 Å². The zero-order valence-corrected chi connectivity index (χ0v) is 65.7. The second kappa shape index (κ2) is 38.0. The molecule has 0 spiro atoms. The number of para-hydroxylation sites is 2. The maximum atomic E-state index is 14.2. The Morgan fingerprint density at radius 3 is 1.21 bits per heavy atom. The lowest BCUT2D eigenvalue weighted by atomic mass is 9.79. The largest absolute Gasteiger partial charge is 0.646 e. The average Bonchev–Trinajstić information content (AvgIpc) is 1.55. The minimum absolute atomic E-state index is 0. The highest BCUT2D eigenvalue weighted by molar-refractivity contribution is 8.03. The highest BCUT2D eigenvalue weighted by Crippen LogP contribution is 2.58. The van der Waals surface area contributed by atoms with E-state index < -0.39 is 123 Å². The number of amides is 6. The molecule has 0 aromatic heterocycles. The fourth-order valence-electron chi connectivity index (χ4n) is 13.8. The average molecular weight is 1660 g/mol. The number of nitro groups is 4. The summed E-state index contributed by atoms with van der Waals surface area (Å²) in [7, 11) is 1.86. The maximum Gasteiger partial charge on any atom is 0.646 e. The van der Waals surface area contributed by atoms with E-state index in [9.17, 15) is 93.6 Å². The van der Waals surface area contributed by atoms with Crippen LogP contribution in [0.3, 0.4) is 0 Å². The molecule has 0 bridgehead atoms. The molecule has 0 aliphatic carbocycles. The van der Waals surface area contributed by atoms with Crippen LogP contribution in [0.5, 0.6) is 11.5 Å². The molecule has 12 atom stereocenters. The van der Waals surface area contributed by atoms with Crippen LogP contribution in [0.25, 0.3) is 0 Å². The van der Waals surface area contributed by atoms with Crippen molar-refractivity contribution in [3.63, 3.8) is 0 Å². The molecule has 12 rings (SSSR count). The number of phosphoric acid groups is 1. The molecule has 0 unspecified atom stereocenters.